The normalized spacial score (nSPS) is 16.9. The van der Waals surface area contributed by atoms with Crippen LogP contribution in [-0.2, 0) is 4.79 Å². The molecule has 0 radical (unpaired) electrons. The lowest BCUT2D eigenvalue weighted by atomic mass is 9.76. The van der Waals surface area contributed by atoms with Gasteiger partial charge in [0.2, 0.25) is 0 Å². The summed E-state index contributed by atoms with van der Waals surface area (Å²) in [6.45, 7) is 1.66. The second-order valence-electron chi connectivity index (χ2n) is 4.93. The van der Waals surface area contributed by atoms with E-state index >= 15 is 0 Å². The molecule has 1 saturated carbocycles. The van der Waals surface area contributed by atoms with Crippen LogP contribution in [0.1, 0.15) is 49.7 Å². The van der Waals surface area contributed by atoms with Crippen LogP contribution in [0.2, 0.25) is 0 Å². The third kappa shape index (κ3) is 2.74. The van der Waals surface area contributed by atoms with Crippen LogP contribution >= 0.6 is 0 Å². The van der Waals surface area contributed by atoms with Gasteiger partial charge in [0.25, 0.3) is 0 Å². The number of nitrogens with zero attached hydrogens (tertiary/aromatic N) is 1. The fourth-order valence-corrected chi connectivity index (χ4v) is 2.42. The predicted octanol–water partition coefficient (Wildman–Crippen LogP) is 3.42. The van der Waals surface area contributed by atoms with Gasteiger partial charge in [0.15, 0.2) is 0 Å². The van der Waals surface area contributed by atoms with Crippen LogP contribution < -0.4 is 0 Å². The number of rotatable bonds is 4. The van der Waals surface area contributed by atoms with Crippen LogP contribution in [0.25, 0.3) is 0 Å². The van der Waals surface area contributed by atoms with Gasteiger partial charge in [-0.05, 0) is 37.0 Å². The van der Waals surface area contributed by atoms with Crippen LogP contribution in [0.15, 0.2) is 24.3 Å². The van der Waals surface area contributed by atoms with E-state index in [2.05, 4.69) is 6.07 Å². The summed E-state index contributed by atoms with van der Waals surface area (Å²) >= 11 is 0. The molecule has 0 aromatic heterocycles. The number of hydrogen-bond donors (Lipinski definition) is 0. The Labute approximate surface area is 102 Å². The lowest BCUT2D eigenvalue weighted by molar-refractivity contribution is -0.119. The van der Waals surface area contributed by atoms with Crippen molar-refractivity contribution in [1.82, 2.24) is 0 Å². The summed E-state index contributed by atoms with van der Waals surface area (Å²) in [5, 5.41) is 8.89. The third-order valence-electron chi connectivity index (χ3n) is 3.70. The van der Waals surface area contributed by atoms with E-state index in [1.165, 1.54) is 19.3 Å². The highest BCUT2D eigenvalue weighted by atomic mass is 16.1. The van der Waals surface area contributed by atoms with E-state index in [0.29, 0.717) is 11.5 Å². The van der Waals surface area contributed by atoms with Gasteiger partial charge < -0.3 is 0 Å². The highest BCUT2D eigenvalue weighted by Crippen LogP contribution is 2.36. The minimum Gasteiger partial charge on any atom is -0.299 e. The summed E-state index contributed by atoms with van der Waals surface area (Å²) in [5.74, 6) is 0.898. The number of nitriles is 1. The highest BCUT2D eigenvalue weighted by molar-refractivity contribution is 5.83. The molecule has 1 aromatic rings. The van der Waals surface area contributed by atoms with Crippen molar-refractivity contribution in [2.24, 2.45) is 5.92 Å². The van der Waals surface area contributed by atoms with Crippen molar-refractivity contribution in [2.45, 2.75) is 38.5 Å². The van der Waals surface area contributed by atoms with E-state index in [9.17, 15) is 4.79 Å². The first-order chi connectivity index (χ1) is 8.20. The summed E-state index contributed by atoms with van der Waals surface area (Å²) in [7, 11) is 0. The molecule has 1 atom stereocenters. The van der Waals surface area contributed by atoms with Gasteiger partial charge in [-0.1, -0.05) is 31.4 Å². The van der Waals surface area contributed by atoms with E-state index in [0.717, 1.165) is 12.0 Å². The first kappa shape index (κ1) is 11.9. The third-order valence-corrected chi connectivity index (χ3v) is 3.70. The molecular formula is C15H17NO. The van der Waals surface area contributed by atoms with Crippen molar-refractivity contribution in [1.29, 1.82) is 5.26 Å². The molecule has 1 fully saturated rings. The fourth-order valence-electron chi connectivity index (χ4n) is 2.42. The molecule has 1 unspecified atom stereocenters. The zero-order valence-corrected chi connectivity index (χ0v) is 10.1. The number of carbonyl (C=O) groups excluding carboxylic acids is 1. The Bertz CT molecular complexity index is 454. The summed E-state index contributed by atoms with van der Waals surface area (Å²) in [4.78, 5) is 11.7. The van der Waals surface area contributed by atoms with Gasteiger partial charge in [-0.2, -0.15) is 5.26 Å². The molecule has 2 rings (SSSR count). The number of ketones is 1. The first-order valence-electron chi connectivity index (χ1n) is 6.21. The van der Waals surface area contributed by atoms with Crippen LogP contribution in [0.4, 0.5) is 0 Å². The van der Waals surface area contributed by atoms with Crippen molar-refractivity contribution >= 4 is 5.78 Å². The van der Waals surface area contributed by atoms with E-state index in [-0.39, 0.29) is 11.7 Å². The van der Waals surface area contributed by atoms with Crippen molar-refractivity contribution in [3.63, 3.8) is 0 Å². The zero-order valence-electron chi connectivity index (χ0n) is 10.1. The second-order valence-corrected chi connectivity index (χ2v) is 4.93. The predicted molar refractivity (Wildman–Crippen MR) is 66.5 cm³/mol. The molecule has 1 aliphatic carbocycles. The quantitative estimate of drug-likeness (QED) is 0.790. The Kier molecular flexibility index (Phi) is 3.58. The van der Waals surface area contributed by atoms with Gasteiger partial charge >= 0.3 is 0 Å². The molecular weight excluding hydrogens is 210 g/mol. The summed E-state index contributed by atoms with van der Waals surface area (Å²) in [6, 6.07) is 9.59. The van der Waals surface area contributed by atoms with Crippen molar-refractivity contribution in [3.05, 3.63) is 35.4 Å². The zero-order chi connectivity index (χ0) is 12.3. The molecule has 0 amide bonds. The van der Waals surface area contributed by atoms with E-state index in [4.69, 9.17) is 5.26 Å². The Morgan fingerprint density at radius 3 is 2.82 bits per heavy atom. The SMILES string of the molecule is CC(=O)C(CC1CCC1)c1cccc(C#N)c1. The van der Waals surface area contributed by atoms with Gasteiger partial charge in [0.05, 0.1) is 11.6 Å². The van der Waals surface area contributed by atoms with E-state index in [1.54, 1.807) is 13.0 Å². The average Bonchev–Trinajstić information content (AvgIpc) is 2.27. The fraction of sp³-hybridized carbons (Fsp3) is 0.467. The molecule has 88 valence electrons. The molecule has 2 heteroatoms. The largest absolute Gasteiger partial charge is 0.299 e. The van der Waals surface area contributed by atoms with Crippen LogP contribution in [0.5, 0.6) is 0 Å². The monoisotopic (exact) mass is 227 g/mol. The summed E-state index contributed by atoms with van der Waals surface area (Å²) in [5.41, 5.74) is 1.64. The van der Waals surface area contributed by atoms with Gasteiger partial charge in [-0.15, -0.1) is 0 Å². The van der Waals surface area contributed by atoms with Gasteiger partial charge in [-0.25, -0.2) is 0 Å². The molecule has 1 aliphatic rings. The lowest BCUT2D eigenvalue weighted by Gasteiger charge is -2.28. The molecule has 0 spiro atoms. The molecule has 2 nitrogen and oxygen atoms in total. The van der Waals surface area contributed by atoms with Gasteiger partial charge in [0, 0.05) is 5.92 Å². The van der Waals surface area contributed by atoms with Crippen LogP contribution in [0.3, 0.4) is 0 Å². The van der Waals surface area contributed by atoms with Gasteiger partial charge in [-0.3, -0.25) is 4.79 Å². The maximum absolute atomic E-state index is 11.7. The minimum absolute atomic E-state index is 0.0198. The first-order valence-corrected chi connectivity index (χ1v) is 6.21. The number of benzene rings is 1. The molecule has 0 bridgehead atoms. The molecule has 0 N–H and O–H groups in total. The average molecular weight is 227 g/mol. The van der Waals surface area contributed by atoms with Crippen molar-refractivity contribution < 1.29 is 4.79 Å². The number of hydrogen-bond acceptors (Lipinski definition) is 2. The molecule has 0 aliphatic heterocycles. The molecule has 0 heterocycles. The number of Topliss-reactive ketones (excluding diaryl/α,β-unsaturated/α-hetero) is 1. The Balaban J connectivity index is 2.19. The number of carbonyl (C=O) groups is 1. The van der Waals surface area contributed by atoms with Crippen LogP contribution in [0, 0.1) is 17.2 Å². The van der Waals surface area contributed by atoms with Crippen molar-refractivity contribution in [3.8, 4) is 6.07 Å². The standard InChI is InChI=1S/C15H17NO/c1-11(17)15(9-12-4-2-5-12)14-7-3-6-13(8-14)10-16/h3,6-8,12,15H,2,4-5,9H2,1H3. The summed E-state index contributed by atoms with van der Waals surface area (Å²) < 4.78 is 0. The maximum Gasteiger partial charge on any atom is 0.137 e. The van der Waals surface area contributed by atoms with Crippen LogP contribution in [-0.4, -0.2) is 5.78 Å². The molecule has 1 aromatic carbocycles. The topological polar surface area (TPSA) is 40.9 Å². The maximum atomic E-state index is 11.7. The lowest BCUT2D eigenvalue weighted by Crippen LogP contribution is -2.19. The summed E-state index contributed by atoms with van der Waals surface area (Å²) in [6.07, 6.45) is 4.75. The minimum atomic E-state index is -0.0198. The van der Waals surface area contributed by atoms with E-state index < -0.39 is 0 Å². The highest BCUT2D eigenvalue weighted by Gasteiger charge is 2.25. The van der Waals surface area contributed by atoms with Gasteiger partial charge in [0.1, 0.15) is 5.78 Å². The van der Waals surface area contributed by atoms with Crippen molar-refractivity contribution in [2.75, 3.05) is 0 Å². The van der Waals surface area contributed by atoms with E-state index in [1.807, 2.05) is 18.2 Å². The smallest absolute Gasteiger partial charge is 0.137 e. The molecule has 0 saturated heterocycles. The Morgan fingerprint density at radius 1 is 1.53 bits per heavy atom. The Hall–Kier alpha value is -1.62. The second kappa shape index (κ2) is 5.14. The molecule has 17 heavy (non-hydrogen) atoms. The Morgan fingerprint density at radius 2 is 2.29 bits per heavy atom.